The zero-order chi connectivity index (χ0) is 21.1. The summed E-state index contributed by atoms with van der Waals surface area (Å²) in [5.41, 5.74) is 1.51. The molecule has 150 valence electrons. The lowest BCUT2D eigenvalue weighted by Gasteiger charge is -2.11. The number of anilines is 1. The van der Waals surface area contributed by atoms with Crippen LogP contribution in [0.2, 0.25) is 5.02 Å². The topological polar surface area (TPSA) is 58.6 Å². The van der Waals surface area contributed by atoms with Crippen molar-refractivity contribution in [2.45, 2.75) is 6.61 Å². The Bertz CT molecular complexity index is 1150. The number of urea groups is 1. The van der Waals surface area contributed by atoms with E-state index < -0.39 is 11.9 Å². The Morgan fingerprint density at radius 3 is 2.43 bits per heavy atom. The van der Waals surface area contributed by atoms with Crippen molar-refractivity contribution in [3.63, 3.8) is 0 Å². The Labute approximate surface area is 177 Å². The summed E-state index contributed by atoms with van der Waals surface area (Å²) >= 11 is 5.88. The first kappa shape index (κ1) is 19.7. The van der Waals surface area contributed by atoms with Crippen molar-refractivity contribution in [1.82, 2.24) is 5.32 Å². The van der Waals surface area contributed by atoms with Gasteiger partial charge in [0.05, 0.1) is 5.69 Å². The highest BCUT2D eigenvalue weighted by molar-refractivity contribution is 6.31. The summed E-state index contributed by atoms with van der Waals surface area (Å²) in [4.78, 5) is 26.2. The molecule has 1 saturated heterocycles. The Morgan fingerprint density at radius 2 is 1.67 bits per heavy atom. The lowest BCUT2D eigenvalue weighted by molar-refractivity contribution is -0.113. The van der Waals surface area contributed by atoms with Crippen LogP contribution in [-0.2, 0) is 11.4 Å². The summed E-state index contributed by atoms with van der Waals surface area (Å²) < 4.78 is 19.6. The summed E-state index contributed by atoms with van der Waals surface area (Å²) in [6.07, 6.45) is 1.53. The molecule has 0 aromatic heterocycles. The van der Waals surface area contributed by atoms with E-state index in [0.717, 1.165) is 4.90 Å². The van der Waals surface area contributed by atoms with E-state index in [1.54, 1.807) is 66.7 Å². The number of carbonyl (C=O) groups is 2. The van der Waals surface area contributed by atoms with Gasteiger partial charge in [0.15, 0.2) is 0 Å². The lowest BCUT2D eigenvalue weighted by atomic mass is 10.1. The average Bonchev–Trinajstić information content (AvgIpc) is 3.02. The summed E-state index contributed by atoms with van der Waals surface area (Å²) in [5, 5.41) is 3.08. The van der Waals surface area contributed by atoms with E-state index in [0.29, 0.717) is 27.6 Å². The molecular formula is C23H16ClFN2O3. The Hall–Kier alpha value is -3.64. The normalized spacial score (nSPS) is 14.9. The molecule has 0 bridgehead atoms. The first-order chi connectivity index (χ1) is 14.5. The molecule has 1 aliphatic rings. The van der Waals surface area contributed by atoms with Crippen LogP contribution < -0.4 is 15.0 Å². The van der Waals surface area contributed by atoms with E-state index in [-0.39, 0.29) is 18.1 Å². The number of rotatable bonds is 5. The van der Waals surface area contributed by atoms with Crippen molar-refractivity contribution in [3.05, 3.63) is 100 Å². The number of nitrogens with one attached hydrogen (secondary N) is 1. The van der Waals surface area contributed by atoms with Crippen LogP contribution in [0.1, 0.15) is 11.1 Å². The van der Waals surface area contributed by atoms with Crippen molar-refractivity contribution in [2.75, 3.05) is 4.90 Å². The van der Waals surface area contributed by atoms with E-state index >= 15 is 0 Å². The second-order valence-corrected chi connectivity index (χ2v) is 6.96. The number of carbonyl (C=O) groups excluding carboxylic acids is 2. The molecule has 1 aliphatic heterocycles. The molecule has 0 radical (unpaired) electrons. The van der Waals surface area contributed by atoms with Crippen molar-refractivity contribution >= 4 is 35.3 Å². The number of ether oxygens (including phenoxy) is 1. The Kier molecular flexibility index (Phi) is 5.50. The van der Waals surface area contributed by atoms with Crippen molar-refractivity contribution < 1.29 is 18.7 Å². The smallest absolute Gasteiger partial charge is 0.333 e. The van der Waals surface area contributed by atoms with E-state index in [9.17, 15) is 14.0 Å². The third-order valence-corrected chi connectivity index (χ3v) is 4.77. The van der Waals surface area contributed by atoms with Gasteiger partial charge in [-0.2, -0.15) is 0 Å². The second kappa shape index (κ2) is 8.39. The maximum absolute atomic E-state index is 13.8. The third-order valence-electron chi connectivity index (χ3n) is 4.52. The minimum absolute atomic E-state index is 0.0318. The number of amides is 3. The van der Waals surface area contributed by atoms with Gasteiger partial charge >= 0.3 is 6.03 Å². The Morgan fingerprint density at radius 1 is 0.967 bits per heavy atom. The molecule has 0 saturated carbocycles. The molecule has 0 spiro atoms. The predicted octanol–water partition coefficient (Wildman–Crippen LogP) is 5.16. The zero-order valence-electron chi connectivity index (χ0n) is 15.6. The monoisotopic (exact) mass is 422 g/mol. The minimum atomic E-state index is -0.557. The van der Waals surface area contributed by atoms with Gasteiger partial charge in [-0.25, -0.2) is 14.1 Å². The molecule has 0 unspecified atom stereocenters. The highest BCUT2D eigenvalue weighted by atomic mass is 35.5. The summed E-state index contributed by atoms with van der Waals surface area (Å²) in [6, 6.07) is 19.2. The van der Waals surface area contributed by atoms with Crippen LogP contribution in [-0.4, -0.2) is 11.9 Å². The molecular weight excluding hydrogens is 407 g/mol. The predicted molar refractivity (Wildman–Crippen MR) is 113 cm³/mol. The summed E-state index contributed by atoms with van der Waals surface area (Å²) in [6.45, 7) is 0.0318. The summed E-state index contributed by atoms with van der Waals surface area (Å²) in [7, 11) is 0. The lowest BCUT2D eigenvalue weighted by Crippen LogP contribution is -2.30. The quantitative estimate of drug-likeness (QED) is 0.456. The fourth-order valence-electron chi connectivity index (χ4n) is 3.02. The molecule has 7 heteroatoms. The van der Waals surface area contributed by atoms with Crippen LogP contribution in [0.25, 0.3) is 6.08 Å². The molecule has 0 aliphatic carbocycles. The van der Waals surface area contributed by atoms with Gasteiger partial charge in [0.2, 0.25) is 0 Å². The second-order valence-electron chi connectivity index (χ2n) is 6.52. The van der Waals surface area contributed by atoms with Gasteiger partial charge in [-0.15, -0.1) is 0 Å². The van der Waals surface area contributed by atoms with E-state index in [1.165, 1.54) is 12.1 Å². The van der Waals surface area contributed by atoms with Crippen LogP contribution in [0.15, 0.2) is 78.5 Å². The number of halogens is 2. The fourth-order valence-corrected chi connectivity index (χ4v) is 3.14. The van der Waals surface area contributed by atoms with Crippen LogP contribution in [0.3, 0.4) is 0 Å². The highest BCUT2D eigenvalue weighted by Gasteiger charge is 2.35. The Balaban J connectivity index is 1.58. The number of nitrogens with zero attached hydrogens (tertiary/aromatic N) is 1. The maximum atomic E-state index is 13.8. The van der Waals surface area contributed by atoms with Gasteiger partial charge in [0.25, 0.3) is 5.91 Å². The third kappa shape index (κ3) is 4.04. The number of hydrogen-bond donors (Lipinski definition) is 1. The first-order valence-corrected chi connectivity index (χ1v) is 9.48. The van der Waals surface area contributed by atoms with Crippen LogP contribution >= 0.6 is 11.6 Å². The molecule has 30 heavy (non-hydrogen) atoms. The number of para-hydroxylation sites is 1. The van der Waals surface area contributed by atoms with Gasteiger partial charge in [-0.3, -0.25) is 4.79 Å². The number of benzene rings is 3. The minimum Gasteiger partial charge on any atom is -0.488 e. The molecule has 0 atom stereocenters. The van der Waals surface area contributed by atoms with E-state index in [2.05, 4.69) is 5.32 Å². The SMILES string of the molecule is O=C1N/C(=C/c2ccccc2OCc2ccccc2F)C(=O)N1c1ccc(Cl)cc1. The number of hydrogen-bond acceptors (Lipinski definition) is 3. The van der Waals surface area contributed by atoms with Gasteiger partial charge in [-0.05, 0) is 42.5 Å². The molecule has 3 aromatic carbocycles. The molecule has 3 aromatic rings. The van der Waals surface area contributed by atoms with E-state index in [4.69, 9.17) is 16.3 Å². The van der Waals surface area contributed by atoms with Crippen LogP contribution in [0, 0.1) is 5.82 Å². The van der Waals surface area contributed by atoms with Crippen LogP contribution in [0.5, 0.6) is 5.75 Å². The van der Waals surface area contributed by atoms with Gasteiger partial charge < -0.3 is 10.1 Å². The van der Waals surface area contributed by atoms with Gasteiger partial charge in [0, 0.05) is 16.1 Å². The van der Waals surface area contributed by atoms with Gasteiger partial charge in [-0.1, -0.05) is 48.0 Å². The largest absolute Gasteiger partial charge is 0.488 e. The average molecular weight is 423 g/mol. The number of imide groups is 1. The maximum Gasteiger partial charge on any atom is 0.333 e. The van der Waals surface area contributed by atoms with Crippen LogP contribution in [0.4, 0.5) is 14.9 Å². The van der Waals surface area contributed by atoms with Crippen molar-refractivity contribution in [3.8, 4) is 5.75 Å². The zero-order valence-corrected chi connectivity index (χ0v) is 16.4. The van der Waals surface area contributed by atoms with Crippen molar-refractivity contribution in [1.29, 1.82) is 0 Å². The fraction of sp³-hybridized carbons (Fsp3) is 0.0435. The van der Waals surface area contributed by atoms with Crippen molar-refractivity contribution in [2.24, 2.45) is 0 Å². The van der Waals surface area contributed by atoms with Gasteiger partial charge in [0.1, 0.15) is 23.9 Å². The van der Waals surface area contributed by atoms with E-state index in [1.807, 2.05) is 0 Å². The summed E-state index contributed by atoms with van der Waals surface area (Å²) in [5.74, 6) is -0.392. The molecule has 1 heterocycles. The highest BCUT2D eigenvalue weighted by Crippen LogP contribution is 2.27. The molecule has 4 rings (SSSR count). The molecule has 5 nitrogen and oxygen atoms in total. The molecule has 1 fully saturated rings. The first-order valence-electron chi connectivity index (χ1n) is 9.11. The standard InChI is InChI=1S/C23H16ClFN2O3/c24-17-9-11-18(12-10-17)27-22(28)20(26-23(27)29)13-15-5-2-4-8-21(15)30-14-16-6-1-3-7-19(16)25/h1-13H,14H2,(H,26,29)/b20-13+. The molecule has 1 N–H and O–H groups in total. The molecule has 3 amide bonds.